The summed E-state index contributed by atoms with van der Waals surface area (Å²) in [4.78, 5) is 13.2. The highest BCUT2D eigenvalue weighted by atomic mass is 35.5. The molecular weight excluding hydrogens is 515 g/mol. The van der Waals surface area contributed by atoms with E-state index < -0.39 is 11.9 Å². The molecule has 0 aliphatic carbocycles. The van der Waals surface area contributed by atoms with Gasteiger partial charge in [-0.15, -0.1) is 11.3 Å². The number of nitrogens with zero attached hydrogens (tertiary/aromatic N) is 1. The van der Waals surface area contributed by atoms with Gasteiger partial charge in [-0.05, 0) is 29.8 Å². The number of esters is 1. The molecule has 0 amide bonds. The highest BCUT2D eigenvalue weighted by Crippen LogP contribution is 2.44. The molecule has 1 aromatic heterocycles. The molecule has 4 aromatic rings. The maximum atomic E-state index is 12.8. The van der Waals surface area contributed by atoms with E-state index in [0.29, 0.717) is 31.3 Å². The summed E-state index contributed by atoms with van der Waals surface area (Å²) in [6.45, 7) is 0. The lowest BCUT2D eigenvalue weighted by Crippen LogP contribution is -2.21. The molecule has 9 heteroatoms. The summed E-state index contributed by atoms with van der Waals surface area (Å²) in [5.41, 5.74) is 7.69. The highest BCUT2D eigenvalue weighted by molar-refractivity contribution is 7.21. The fraction of sp³-hybridized carbons (Fsp3) is 0.0400. The third kappa shape index (κ3) is 3.87. The van der Waals surface area contributed by atoms with Crippen molar-refractivity contribution in [1.82, 2.24) is 0 Å². The first kappa shape index (κ1) is 22.6. The number of rotatable bonds is 3. The van der Waals surface area contributed by atoms with Crippen molar-refractivity contribution >= 4 is 62.2 Å². The molecule has 1 aliphatic heterocycles. The van der Waals surface area contributed by atoms with Crippen LogP contribution in [0.5, 0.6) is 11.5 Å². The second-order valence-corrected chi connectivity index (χ2v) is 9.67. The van der Waals surface area contributed by atoms with Gasteiger partial charge in [0.1, 0.15) is 28.0 Å². The van der Waals surface area contributed by atoms with Crippen LogP contribution in [0.15, 0.2) is 72.1 Å². The Morgan fingerprint density at radius 1 is 1.06 bits per heavy atom. The number of benzene rings is 3. The summed E-state index contributed by atoms with van der Waals surface area (Å²) in [6, 6.07) is 19.6. The number of carbonyl (C=O) groups excluding carboxylic acids is 1. The van der Waals surface area contributed by atoms with E-state index in [9.17, 15) is 10.1 Å². The van der Waals surface area contributed by atoms with Crippen LogP contribution in [-0.2, 0) is 0 Å². The zero-order valence-electron chi connectivity index (χ0n) is 17.1. The minimum atomic E-state index is -0.579. The van der Waals surface area contributed by atoms with E-state index in [-0.39, 0.29) is 17.2 Å². The molecule has 0 saturated heterocycles. The Morgan fingerprint density at radius 3 is 2.59 bits per heavy atom. The van der Waals surface area contributed by atoms with Crippen LogP contribution in [0.25, 0.3) is 10.1 Å². The average molecular weight is 528 g/mol. The van der Waals surface area contributed by atoms with Crippen LogP contribution in [-0.4, -0.2) is 5.97 Å². The first-order valence-corrected chi connectivity index (χ1v) is 11.9. The third-order valence-electron chi connectivity index (χ3n) is 5.40. The lowest BCUT2D eigenvalue weighted by molar-refractivity contribution is 0.0740. The number of fused-ring (bicyclic) bond motifs is 2. The van der Waals surface area contributed by atoms with Crippen LogP contribution in [0.3, 0.4) is 0 Å². The van der Waals surface area contributed by atoms with Gasteiger partial charge in [-0.1, -0.05) is 65.1 Å². The van der Waals surface area contributed by atoms with Crippen molar-refractivity contribution in [2.75, 3.05) is 0 Å². The number of nitriles is 1. The molecule has 2 heterocycles. The molecule has 0 spiro atoms. The normalized spacial score (nSPS) is 14.9. The summed E-state index contributed by atoms with van der Waals surface area (Å²) >= 11 is 19.9. The summed E-state index contributed by atoms with van der Waals surface area (Å²) in [5, 5.41) is 11.6. The van der Waals surface area contributed by atoms with Gasteiger partial charge in [-0.3, -0.25) is 0 Å². The molecule has 1 aliphatic rings. The lowest BCUT2D eigenvalue weighted by Gasteiger charge is -2.27. The first-order chi connectivity index (χ1) is 16.4. The Morgan fingerprint density at radius 2 is 1.85 bits per heavy atom. The second kappa shape index (κ2) is 8.86. The van der Waals surface area contributed by atoms with E-state index in [0.717, 1.165) is 15.6 Å². The smallest absolute Gasteiger partial charge is 0.355 e. The predicted octanol–water partition coefficient (Wildman–Crippen LogP) is 7.30. The maximum absolute atomic E-state index is 12.8. The number of hydrogen-bond acceptors (Lipinski definition) is 6. The first-order valence-electron chi connectivity index (χ1n) is 9.93. The van der Waals surface area contributed by atoms with Gasteiger partial charge in [0.15, 0.2) is 0 Å². The Balaban J connectivity index is 1.50. The SMILES string of the molecule is N#CC1=C(N)Oc2cc(OC(=O)c3sc4ccccc4c3Cl)ccc2C1c1ccc(Cl)c(Cl)c1. The van der Waals surface area contributed by atoms with Crippen LogP contribution in [0.1, 0.15) is 26.7 Å². The van der Waals surface area contributed by atoms with Crippen molar-refractivity contribution in [3.8, 4) is 17.6 Å². The van der Waals surface area contributed by atoms with Gasteiger partial charge in [0.05, 0.1) is 21.0 Å². The minimum Gasteiger partial charge on any atom is -0.440 e. The lowest BCUT2D eigenvalue weighted by atomic mass is 9.83. The van der Waals surface area contributed by atoms with Crippen LogP contribution < -0.4 is 15.2 Å². The van der Waals surface area contributed by atoms with Gasteiger partial charge in [0.2, 0.25) is 5.88 Å². The summed E-state index contributed by atoms with van der Waals surface area (Å²) in [6.07, 6.45) is 0. The molecule has 0 radical (unpaired) electrons. The molecule has 2 N–H and O–H groups in total. The van der Waals surface area contributed by atoms with Gasteiger partial charge in [0, 0.05) is 21.7 Å². The monoisotopic (exact) mass is 526 g/mol. The molecule has 3 aromatic carbocycles. The molecule has 0 bridgehead atoms. The molecule has 5 rings (SSSR count). The quantitative estimate of drug-likeness (QED) is 0.223. The van der Waals surface area contributed by atoms with Crippen LogP contribution in [0.2, 0.25) is 15.1 Å². The van der Waals surface area contributed by atoms with E-state index in [1.807, 2.05) is 24.3 Å². The summed E-state index contributed by atoms with van der Waals surface area (Å²) in [5.74, 6) is -0.532. The van der Waals surface area contributed by atoms with E-state index in [2.05, 4.69) is 6.07 Å². The summed E-state index contributed by atoms with van der Waals surface area (Å²) in [7, 11) is 0. The average Bonchev–Trinajstić information content (AvgIpc) is 3.16. The topological polar surface area (TPSA) is 85.3 Å². The van der Waals surface area contributed by atoms with Crippen LogP contribution in [0.4, 0.5) is 0 Å². The largest absolute Gasteiger partial charge is 0.440 e. The Kier molecular flexibility index (Phi) is 5.88. The van der Waals surface area contributed by atoms with Gasteiger partial charge in [-0.25, -0.2) is 4.79 Å². The van der Waals surface area contributed by atoms with Crippen molar-refractivity contribution in [3.05, 3.63) is 103 Å². The van der Waals surface area contributed by atoms with Crippen molar-refractivity contribution < 1.29 is 14.3 Å². The van der Waals surface area contributed by atoms with Crippen LogP contribution in [0, 0.1) is 11.3 Å². The molecular formula is C25H13Cl3N2O3S. The van der Waals surface area contributed by atoms with Crippen LogP contribution >= 0.6 is 46.1 Å². The zero-order chi connectivity index (χ0) is 24.0. The van der Waals surface area contributed by atoms with Gasteiger partial charge in [-0.2, -0.15) is 5.26 Å². The summed E-state index contributed by atoms with van der Waals surface area (Å²) < 4.78 is 12.2. The second-order valence-electron chi connectivity index (χ2n) is 7.43. The fourth-order valence-electron chi connectivity index (χ4n) is 3.83. The molecule has 0 fully saturated rings. The molecule has 168 valence electrons. The van der Waals surface area contributed by atoms with Crippen molar-refractivity contribution in [2.24, 2.45) is 5.73 Å². The fourth-order valence-corrected chi connectivity index (χ4v) is 5.52. The van der Waals surface area contributed by atoms with Crippen molar-refractivity contribution in [2.45, 2.75) is 5.92 Å². The van der Waals surface area contributed by atoms with Crippen molar-refractivity contribution in [3.63, 3.8) is 0 Å². The van der Waals surface area contributed by atoms with Gasteiger partial charge >= 0.3 is 5.97 Å². The highest BCUT2D eigenvalue weighted by Gasteiger charge is 2.31. The number of thiophene rings is 1. The van der Waals surface area contributed by atoms with Crippen molar-refractivity contribution in [1.29, 1.82) is 5.26 Å². The molecule has 1 atom stereocenters. The Labute approximate surface area is 213 Å². The number of halogens is 3. The van der Waals surface area contributed by atoms with E-state index in [1.165, 1.54) is 11.3 Å². The van der Waals surface area contributed by atoms with E-state index in [4.69, 9.17) is 50.0 Å². The number of hydrogen-bond donors (Lipinski definition) is 1. The minimum absolute atomic E-state index is 0.0397. The van der Waals surface area contributed by atoms with Gasteiger partial charge < -0.3 is 15.2 Å². The van der Waals surface area contributed by atoms with E-state index in [1.54, 1.807) is 36.4 Å². The number of nitrogens with two attached hydrogens (primary N) is 1. The Hall–Kier alpha value is -3.21. The molecule has 0 saturated carbocycles. The number of ether oxygens (including phenoxy) is 2. The zero-order valence-corrected chi connectivity index (χ0v) is 20.2. The molecule has 34 heavy (non-hydrogen) atoms. The molecule has 1 unspecified atom stereocenters. The van der Waals surface area contributed by atoms with E-state index >= 15 is 0 Å². The van der Waals surface area contributed by atoms with Gasteiger partial charge in [0.25, 0.3) is 0 Å². The number of allylic oxidation sites excluding steroid dienone is 1. The predicted molar refractivity (Wildman–Crippen MR) is 134 cm³/mol. The molecule has 5 nitrogen and oxygen atoms in total. The number of carbonyl (C=O) groups is 1. The third-order valence-corrected chi connectivity index (χ3v) is 7.79. The standard InChI is InChI=1S/C25H13Cl3N2O3S/c26-17-8-5-12(9-18(17)27)21-14-7-6-13(10-19(14)33-24(30)16(21)11-29)32-25(31)23-22(28)15-3-1-2-4-20(15)34-23/h1-10,21H,30H2. The maximum Gasteiger partial charge on any atom is 0.355 e. The Bertz CT molecular complexity index is 1560.